The standard InChI is InChI=1S/C4H8FN/c1-3-2-6-4(3)5/h3-4,6H,2H2,1H3/t3?,4-/m1/s1. The smallest absolute Gasteiger partial charge is 0.154 e. The Morgan fingerprint density at radius 2 is 2.33 bits per heavy atom. The molecule has 1 aliphatic rings. The van der Waals surface area contributed by atoms with E-state index in [1.165, 1.54) is 0 Å². The summed E-state index contributed by atoms with van der Waals surface area (Å²) < 4.78 is 11.8. The molecule has 6 heavy (non-hydrogen) atoms. The molecule has 1 aliphatic heterocycles. The monoisotopic (exact) mass is 89.1 g/mol. The van der Waals surface area contributed by atoms with Crippen molar-refractivity contribution in [2.45, 2.75) is 13.2 Å². The molecular weight excluding hydrogens is 81.0 g/mol. The summed E-state index contributed by atoms with van der Waals surface area (Å²) in [5, 5.41) is 2.59. The molecular formula is C4H8FN. The first kappa shape index (κ1) is 4.06. The minimum atomic E-state index is -0.718. The lowest BCUT2D eigenvalue weighted by atomic mass is 10.1. The Morgan fingerprint density at radius 3 is 2.33 bits per heavy atom. The third-order valence-electron chi connectivity index (χ3n) is 1.13. The van der Waals surface area contributed by atoms with Crippen molar-refractivity contribution in [2.75, 3.05) is 6.54 Å². The normalized spacial score (nSPS) is 45.0. The average Bonchev–Trinajstić information content (AvgIpc) is 1.61. The number of halogens is 1. The molecule has 0 bridgehead atoms. The zero-order valence-electron chi connectivity index (χ0n) is 3.74. The van der Waals surface area contributed by atoms with Gasteiger partial charge in [-0.05, 0) is 0 Å². The van der Waals surface area contributed by atoms with Crippen LogP contribution in [0.2, 0.25) is 0 Å². The molecule has 36 valence electrons. The zero-order chi connectivity index (χ0) is 4.57. The number of hydrogen-bond acceptors (Lipinski definition) is 1. The summed E-state index contributed by atoms with van der Waals surface area (Å²) in [4.78, 5) is 0. The van der Waals surface area contributed by atoms with Crippen LogP contribution in [0.15, 0.2) is 0 Å². The second-order valence-electron chi connectivity index (χ2n) is 1.79. The van der Waals surface area contributed by atoms with Gasteiger partial charge in [0.25, 0.3) is 0 Å². The Labute approximate surface area is 36.5 Å². The molecule has 0 saturated carbocycles. The first-order valence-corrected chi connectivity index (χ1v) is 2.18. The summed E-state index contributed by atoms with van der Waals surface area (Å²) in [6.45, 7) is 2.74. The van der Waals surface area contributed by atoms with Crippen molar-refractivity contribution in [1.82, 2.24) is 5.32 Å². The van der Waals surface area contributed by atoms with Gasteiger partial charge in [-0.3, -0.25) is 5.32 Å². The van der Waals surface area contributed by atoms with E-state index < -0.39 is 6.30 Å². The van der Waals surface area contributed by atoms with Crippen LogP contribution >= 0.6 is 0 Å². The fourth-order valence-corrected chi connectivity index (χ4v) is 0.443. The van der Waals surface area contributed by atoms with Crippen LogP contribution in [0.25, 0.3) is 0 Å². The molecule has 2 heteroatoms. The van der Waals surface area contributed by atoms with Gasteiger partial charge in [-0.25, -0.2) is 4.39 Å². The van der Waals surface area contributed by atoms with Crippen molar-refractivity contribution in [2.24, 2.45) is 5.92 Å². The summed E-state index contributed by atoms with van der Waals surface area (Å²) in [7, 11) is 0. The van der Waals surface area contributed by atoms with E-state index in [1.807, 2.05) is 6.92 Å². The number of alkyl halides is 1. The second kappa shape index (κ2) is 1.19. The van der Waals surface area contributed by atoms with E-state index in [-0.39, 0.29) is 5.92 Å². The molecule has 0 spiro atoms. The number of rotatable bonds is 0. The minimum absolute atomic E-state index is 0.255. The Bertz CT molecular complexity index is 47.5. The van der Waals surface area contributed by atoms with E-state index >= 15 is 0 Å². The molecule has 0 aliphatic carbocycles. The largest absolute Gasteiger partial charge is 0.287 e. The molecule has 0 amide bonds. The third kappa shape index (κ3) is 0.411. The maximum absolute atomic E-state index is 11.8. The summed E-state index contributed by atoms with van der Waals surface area (Å²) >= 11 is 0. The molecule has 1 heterocycles. The van der Waals surface area contributed by atoms with Crippen LogP contribution in [0.1, 0.15) is 6.92 Å². The lowest BCUT2D eigenvalue weighted by molar-refractivity contribution is 0.107. The predicted molar refractivity (Wildman–Crippen MR) is 22.1 cm³/mol. The van der Waals surface area contributed by atoms with Crippen molar-refractivity contribution in [3.8, 4) is 0 Å². The molecule has 1 N–H and O–H groups in total. The van der Waals surface area contributed by atoms with E-state index in [4.69, 9.17) is 0 Å². The van der Waals surface area contributed by atoms with Crippen LogP contribution in [-0.2, 0) is 0 Å². The molecule has 1 unspecified atom stereocenters. The summed E-state index contributed by atoms with van der Waals surface area (Å²) in [5.74, 6) is 0.255. The van der Waals surface area contributed by atoms with Crippen molar-refractivity contribution < 1.29 is 4.39 Å². The molecule has 0 aromatic carbocycles. The van der Waals surface area contributed by atoms with Crippen molar-refractivity contribution in [1.29, 1.82) is 0 Å². The highest BCUT2D eigenvalue weighted by Gasteiger charge is 2.24. The topological polar surface area (TPSA) is 12.0 Å². The summed E-state index contributed by atoms with van der Waals surface area (Å²) in [6.07, 6.45) is -0.718. The van der Waals surface area contributed by atoms with Gasteiger partial charge in [-0.2, -0.15) is 0 Å². The molecule has 1 fully saturated rings. The first-order chi connectivity index (χ1) is 2.80. The van der Waals surface area contributed by atoms with Gasteiger partial charge >= 0.3 is 0 Å². The van der Waals surface area contributed by atoms with Gasteiger partial charge in [-0.15, -0.1) is 0 Å². The fourth-order valence-electron chi connectivity index (χ4n) is 0.443. The van der Waals surface area contributed by atoms with Crippen molar-refractivity contribution in [3.05, 3.63) is 0 Å². The highest BCUT2D eigenvalue weighted by Crippen LogP contribution is 2.11. The lowest BCUT2D eigenvalue weighted by Crippen LogP contribution is -2.48. The van der Waals surface area contributed by atoms with Crippen LogP contribution < -0.4 is 5.32 Å². The number of nitrogens with one attached hydrogen (secondary N) is 1. The van der Waals surface area contributed by atoms with Crippen molar-refractivity contribution in [3.63, 3.8) is 0 Å². The van der Waals surface area contributed by atoms with Crippen LogP contribution in [0.5, 0.6) is 0 Å². The molecule has 1 nitrogen and oxygen atoms in total. The lowest BCUT2D eigenvalue weighted by Gasteiger charge is -2.27. The summed E-state index contributed by atoms with van der Waals surface area (Å²) in [6, 6.07) is 0. The van der Waals surface area contributed by atoms with Gasteiger partial charge in [0.15, 0.2) is 6.30 Å². The van der Waals surface area contributed by atoms with Crippen molar-refractivity contribution >= 4 is 0 Å². The maximum atomic E-state index is 11.8. The molecule has 0 aromatic heterocycles. The fraction of sp³-hybridized carbons (Fsp3) is 1.00. The van der Waals surface area contributed by atoms with Gasteiger partial charge in [0.05, 0.1) is 0 Å². The first-order valence-electron chi connectivity index (χ1n) is 2.18. The van der Waals surface area contributed by atoms with Crippen LogP contribution in [-0.4, -0.2) is 12.8 Å². The Kier molecular flexibility index (Phi) is 0.804. The Hall–Kier alpha value is -0.110. The third-order valence-corrected chi connectivity index (χ3v) is 1.13. The molecule has 1 rings (SSSR count). The molecule has 1 saturated heterocycles. The second-order valence-corrected chi connectivity index (χ2v) is 1.79. The van der Waals surface area contributed by atoms with Gasteiger partial charge in [-0.1, -0.05) is 6.92 Å². The highest BCUT2D eigenvalue weighted by molar-refractivity contribution is 4.74. The zero-order valence-corrected chi connectivity index (χ0v) is 3.74. The van der Waals surface area contributed by atoms with Crippen LogP contribution in [0.3, 0.4) is 0 Å². The minimum Gasteiger partial charge on any atom is -0.287 e. The Balaban J connectivity index is 2.20. The van der Waals surface area contributed by atoms with Gasteiger partial charge in [0.1, 0.15) is 0 Å². The van der Waals surface area contributed by atoms with E-state index in [1.54, 1.807) is 0 Å². The quantitative estimate of drug-likeness (QED) is 0.427. The van der Waals surface area contributed by atoms with E-state index in [2.05, 4.69) is 5.32 Å². The summed E-state index contributed by atoms with van der Waals surface area (Å²) in [5.41, 5.74) is 0. The predicted octanol–water partition coefficient (Wildman–Crippen LogP) is 0.521. The van der Waals surface area contributed by atoms with Crippen LogP contribution in [0.4, 0.5) is 4.39 Å². The average molecular weight is 89.1 g/mol. The van der Waals surface area contributed by atoms with Gasteiger partial charge in [0.2, 0.25) is 0 Å². The molecule has 2 atom stereocenters. The van der Waals surface area contributed by atoms with Gasteiger partial charge in [0, 0.05) is 12.5 Å². The Morgan fingerprint density at radius 1 is 1.83 bits per heavy atom. The highest BCUT2D eigenvalue weighted by atomic mass is 19.1. The van der Waals surface area contributed by atoms with E-state index in [9.17, 15) is 4.39 Å². The van der Waals surface area contributed by atoms with Crippen LogP contribution in [0, 0.1) is 5.92 Å². The van der Waals surface area contributed by atoms with E-state index in [0.717, 1.165) is 6.54 Å². The van der Waals surface area contributed by atoms with Gasteiger partial charge < -0.3 is 0 Å². The number of hydrogen-bond donors (Lipinski definition) is 1. The SMILES string of the molecule is CC1CN[C@H]1F. The molecule has 0 radical (unpaired) electrons. The van der Waals surface area contributed by atoms with E-state index in [0.29, 0.717) is 0 Å². The molecule has 0 aromatic rings. The maximum Gasteiger partial charge on any atom is 0.154 e.